The number of halogens is 4. The van der Waals surface area contributed by atoms with Crippen LogP contribution in [0.25, 0.3) is 5.69 Å². The lowest BCUT2D eigenvalue weighted by molar-refractivity contribution is 0.112. The fourth-order valence-electron chi connectivity index (χ4n) is 3.85. The lowest BCUT2D eigenvalue weighted by Crippen LogP contribution is -2.33. The second kappa shape index (κ2) is 12.4. The number of carbonyl (C=O) groups is 1. The van der Waals surface area contributed by atoms with Crippen LogP contribution in [0.2, 0.25) is 15.1 Å². The number of nitrogens with zero attached hydrogens (tertiary/aromatic N) is 4. The minimum atomic E-state index is -0.915. The topological polar surface area (TPSA) is 121 Å². The summed E-state index contributed by atoms with van der Waals surface area (Å²) in [6, 6.07) is 13.7. The maximum absolute atomic E-state index is 13.4. The van der Waals surface area contributed by atoms with Crippen molar-refractivity contribution in [1.82, 2.24) is 19.7 Å². The molecule has 0 saturated heterocycles. The summed E-state index contributed by atoms with van der Waals surface area (Å²) in [6.07, 6.45) is 1.25. The van der Waals surface area contributed by atoms with Crippen molar-refractivity contribution in [3.63, 3.8) is 0 Å². The van der Waals surface area contributed by atoms with Gasteiger partial charge in [-0.3, -0.25) is 14.6 Å². The minimum Gasteiger partial charge on any atom is -0.454 e. The van der Waals surface area contributed by atoms with Crippen LogP contribution in [-0.2, 0) is 13.0 Å². The van der Waals surface area contributed by atoms with Gasteiger partial charge in [0.2, 0.25) is 5.69 Å². The van der Waals surface area contributed by atoms with Gasteiger partial charge in [-0.2, -0.15) is 9.94 Å². The third-order valence-corrected chi connectivity index (χ3v) is 6.67. The van der Waals surface area contributed by atoms with E-state index in [0.29, 0.717) is 36.4 Å². The van der Waals surface area contributed by atoms with Gasteiger partial charge in [-0.1, -0.05) is 40.9 Å². The molecule has 0 spiro atoms. The third-order valence-electron chi connectivity index (χ3n) is 5.82. The zero-order valence-electron chi connectivity index (χ0n) is 20.8. The molecule has 13 heteroatoms. The SMILES string of the molecule is CN(CCc1cc(Oc2c(Cl)cc(-n3nc(C#N)c(=O)[nH]c3=O)cc2Cl)ccc1C=O)Cc1ccc(F)c(Cl)c1. The van der Waals surface area contributed by atoms with Crippen molar-refractivity contribution in [2.45, 2.75) is 13.0 Å². The molecule has 3 aromatic carbocycles. The molecule has 0 unspecified atom stereocenters. The first-order valence-corrected chi connectivity index (χ1v) is 12.7. The Morgan fingerprint density at radius 1 is 1.10 bits per heavy atom. The predicted molar refractivity (Wildman–Crippen MR) is 149 cm³/mol. The molecule has 0 aliphatic carbocycles. The fourth-order valence-corrected chi connectivity index (χ4v) is 4.61. The van der Waals surface area contributed by atoms with Crippen LogP contribution < -0.4 is 16.0 Å². The second-order valence-electron chi connectivity index (χ2n) is 8.69. The number of benzene rings is 3. The summed E-state index contributed by atoms with van der Waals surface area (Å²) in [7, 11) is 1.89. The first-order chi connectivity index (χ1) is 19.1. The average molecular weight is 603 g/mol. The van der Waals surface area contributed by atoms with E-state index in [1.807, 2.05) is 16.9 Å². The quantitative estimate of drug-likeness (QED) is 0.262. The summed E-state index contributed by atoms with van der Waals surface area (Å²) in [5, 5.41) is 12.9. The Morgan fingerprint density at radius 2 is 1.82 bits per heavy atom. The molecule has 1 N–H and O–H groups in total. The van der Waals surface area contributed by atoms with Crippen LogP contribution >= 0.6 is 34.8 Å². The van der Waals surface area contributed by atoms with Crippen molar-refractivity contribution in [2.75, 3.05) is 13.6 Å². The van der Waals surface area contributed by atoms with E-state index in [1.54, 1.807) is 36.4 Å². The summed E-state index contributed by atoms with van der Waals surface area (Å²) in [5.74, 6) is -0.0399. The van der Waals surface area contributed by atoms with Crippen LogP contribution in [0.5, 0.6) is 11.5 Å². The van der Waals surface area contributed by atoms with Gasteiger partial charge in [0, 0.05) is 18.7 Å². The molecule has 0 amide bonds. The molecular formula is C27H19Cl3FN5O4. The Labute approximate surface area is 241 Å². The third kappa shape index (κ3) is 6.58. The molecule has 0 aliphatic heterocycles. The number of carbonyl (C=O) groups excluding carboxylic acids is 1. The lowest BCUT2D eigenvalue weighted by atomic mass is 10.0. The van der Waals surface area contributed by atoms with E-state index in [-0.39, 0.29) is 26.5 Å². The molecule has 9 nitrogen and oxygen atoms in total. The molecule has 0 bridgehead atoms. The minimum absolute atomic E-state index is 0.0274. The average Bonchev–Trinajstić information content (AvgIpc) is 2.91. The van der Waals surface area contributed by atoms with Crippen LogP contribution in [-0.4, -0.2) is 39.5 Å². The van der Waals surface area contributed by atoms with Crippen molar-refractivity contribution in [2.24, 2.45) is 0 Å². The van der Waals surface area contributed by atoms with Gasteiger partial charge in [0.25, 0.3) is 5.56 Å². The predicted octanol–water partition coefficient (Wildman–Crippen LogP) is 5.17. The summed E-state index contributed by atoms with van der Waals surface area (Å²) in [5.41, 5.74) is -0.168. The largest absolute Gasteiger partial charge is 0.454 e. The molecule has 40 heavy (non-hydrogen) atoms. The Kier molecular flexibility index (Phi) is 9.02. The number of aromatic nitrogens is 3. The number of hydrogen-bond donors (Lipinski definition) is 1. The zero-order valence-corrected chi connectivity index (χ0v) is 23.0. The van der Waals surface area contributed by atoms with Crippen molar-refractivity contribution >= 4 is 41.1 Å². The molecule has 0 radical (unpaired) electrons. The van der Waals surface area contributed by atoms with Crippen molar-refractivity contribution in [3.05, 3.63) is 113 Å². The van der Waals surface area contributed by atoms with Gasteiger partial charge in [0.1, 0.15) is 23.9 Å². The van der Waals surface area contributed by atoms with Gasteiger partial charge in [0.15, 0.2) is 5.75 Å². The van der Waals surface area contributed by atoms with Crippen LogP contribution in [0.3, 0.4) is 0 Å². The van der Waals surface area contributed by atoms with E-state index in [1.165, 1.54) is 18.2 Å². The maximum atomic E-state index is 13.4. The van der Waals surface area contributed by atoms with Crippen LogP contribution in [0.4, 0.5) is 4.39 Å². The molecule has 0 saturated carbocycles. The highest BCUT2D eigenvalue weighted by molar-refractivity contribution is 6.37. The van der Waals surface area contributed by atoms with Gasteiger partial charge in [0.05, 0.1) is 20.8 Å². The first kappa shape index (κ1) is 29.0. The highest BCUT2D eigenvalue weighted by Gasteiger charge is 2.16. The van der Waals surface area contributed by atoms with Gasteiger partial charge in [-0.05, 0) is 67.1 Å². The Balaban J connectivity index is 1.54. The number of ether oxygens (including phenoxy) is 1. The van der Waals surface area contributed by atoms with Crippen LogP contribution in [0, 0.1) is 17.1 Å². The first-order valence-electron chi connectivity index (χ1n) is 11.6. The zero-order chi connectivity index (χ0) is 29.0. The molecule has 4 rings (SSSR count). The number of likely N-dealkylation sites (N-methyl/N-ethyl adjacent to an activating group) is 1. The van der Waals surface area contributed by atoms with E-state index in [2.05, 4.69) is 5.10 Å². The summed E-state index contributed by atoms with van der Waals surface area (Å²) >= 11 is 18.7. The summed E-state index contributed by atoms with van der Waals surface area (Å²) in [6.45, 7) is 1.09. The number of aldehydes is 1. The highest BCUT2D eigenvalue weighted by Crippen LogP contribution is 2.38. The monoisotopic (exact) mass is 601 g/mol. The van der Waals surface area contributed by atoms with Crippen molar-refractivity contribution in [1.29, 1.82) is 5.26 Å². The van der Waals surface area contributed by atoms with Crippen molar-refractivity contribution in [3.8, 4) is 23.3 Å². The molecule has 0 aliphatic rings. The van der Waals surface area contributed by atoms with E-state index in [4.69, 9.17) is 44.8 Å². The molecule has 1 aromatic heterocycles. The lowest BCUT2D eigenvalue weighted by Gasteiger charge is -2.18. The van der Waals surface area contributed by atoms with Crippen LogP contribution in [0.15, 0.2) is 58.1 Å². The normalized spacial score (nSPS) is 10.9. The number of H-pyrrole nitrogens is 1. The molecule has 0 fully saturated rings. The van der Waals surface area contributed by atoms with Gasteiger partial charge in [-0.15, -0.1) is 5.10 Å². The standard InChI is InChI=1S/C27H19Cl3FN5O4/c1-35(13-15-2-5-23(31)20(28)8-15)7-6-16-9-19(4-3-17(16)14-37)40-25-21(29)10-18(11-22(25)30)36-27(39)33-26(38)24(12-32)34-36/h2-5,8-11,14H,6-7,13H2,1H3,(H,33,38,39). The number of nitrogens with one attached hydrogen (secondary N) is 1. The molecule has 4 aromatic rings. The van der Waals surface area contributed by atoms with E-state index < -0.39 is 22.8 Å². The smallest absolute Gasteiger partial charge is 0.349 e. The Bertz CT molecular complexity index is 1740. The molecule has 0 atom stereocenters. The summed E-state index contributed by atoms with van der Waals surface area (Å²) in [4.78, 5) is 39.5. The number of rotatable bonds is 9. The summed E-state index contributed by atoms with van der Waals surface area (Å²) < 4.78 is 20.2. The number of aromatic amines is 1. The highest BCUT2D eigenvalue weighted by atomic mass is 35.5. The Morgan fingerprint density at radius 3 is 2.48 bits per heavy atom. The van der Waals surface area contributed by atoms with Crippen molar-refractivity contribution < 1.29 is 13.9 Å². The van der Waals surface area contributed by atoms with Gasteiger partial charge >= 0.3 is 5.69 Å². The fraction of sp³-hybridized carbons (Fsp3) is 0.148. The van der Waals surface area contributed by atoms with Gasteiger partial charge in [-0.25, -0.2) is 9.18 Å². The molecule has 204 valence electrons. The molecule has 1 heterocycles. The molecular weight excluding hydrogens is 584 g/mol. The second-order valence-corrected chi connectivity index (χ2v) is 9.91. The maximum Gasteiger partial charge on any atom is 0.349 e. The van der Waals surface area contributed by atoms with E-state index in [9.17, 15) is 18.8 Å². The van der Waals surface area contributed by atoms with E-state index >= 15 is 0 Å². The number of hydrogen-bond acceptors (Lipinski definition) is 7. The van der Waals surface area contributed by atoms with Crippen LogP contribution in [0.1, 0.15) is 27.2 Å². The Hall–Kier alpha value is -4.01. The number of nitriles is 1. The van der Waals surface area contributed by atoms with E-state index in [0.717, 1.165) is 16.5 Å². The van der Waals surface area contributed by atoms with Gasteiger partial charge < -0.3 is 9.64 Å².